The monoisotopic (exact) mass is 372 g/mol. The number of rotatable bonds is 4. The van der Waals surface area contributed by atoms with E-state index >= 15 is 0 Å². The summed E-state index contributed by atoms with van der Waals surface area (Å²) in [6.07, 6.45) is 2.29. The molecule has 1 aromatic carbocycles. The fourth-order valence-electron chi connectivity index (χ4n) is 3.80. The number of likely N-dealkylation sites (tertiary alicyclic amines) is 1. The van der Waals surface area contributed by atoms with Crippen LogP contribution < -0.4 is 5.32 Å². The van der Waals surface area contributed by atoms with Gasteiger partial charge in [0.05, 0.1) is 5.92 Å². The number of hydrogen-bond donors (Lipinski definition) is 2. The van der Waals surface area contributed by atoms with Crippen LogP contribution in [0.2, 0.25) is 0 Å². The number of nitrogens with zero attached hydrogens (tertiary/aromatic N) is 1. The second kappa shape index (κ2) is 6.98. The molecule has 6 nitrogen and oxygen atoms in total. The molecule has 1 aliphatic carbocycles. The van der Waals surface area contributed by atoms with Gasteiger partial charge in [0.2, 0.25) is 5.91 Å². The maximum absolute atomic E-state index is 12.7. The van der Waals surface area contributed by atoms with Crippen molar-refractivity contribution in [1.82, 2.24) is 10.2 Å². The first-order valence-corrected chi connectivity index (χ1v) is 9.52. The molecule has 0 aromatic heterocycles. The zero-order valence-corrected chi connectivity index (χ0v) is 16.2. The minimum Gasteiger partial charge on any atom is -0.481 e. The molecule has 2 amide bonds. The van der Waals surface area contributed by atoms with E-state index in [1.807, 2.05) is 37.8 Å². The predicted molar refractivity (Wildman–Crippen MR) is 101 cm³/mol. The first-order chi connectivity index (χ1) is 12.6. The largest absolute Gasteiger partial charge is 0.481 e. The van der Waals surface area contributed by atoms with Crippen molar-refractivity contribution >= 4 is 17.8 Å². The van der Waals surface area contributed by atoms with Crippen LogP contribution in [0.15, 0.2) is 24.3 Å². The van der Waals surface area contributed by atoms with Gasteiger partial charge in [-0.25, -0.2) is 0 Å². The van der Waals surface area contributed by atoms with Crippen molar-refractivity contribution in [2.45, 2.75) is 46.6 Å². The lowest BCUT2D eigenvalue weighted by atomic mass is 9.90. The van der Waals surface area contributed by atoms with E-state index in [4.69, 9.17) is 5.11 Å². The molecule has 0 radical (unpaired) electrons. The molecule has 2 aliphatic rings. The van der Waals surface area contributed by atoms with E-state index in [0.717, 1.165) is 24.8 Å². The Morgan fingerprint density at radius 1 is 1.15 bits per heavy atom. The molecule has 0 bridgehead atoms. The lowest BCUT2D eigenvalue weighted by Crippen LogP contribution is -2.40. The van der Waals surface area contributed by atoms with Crippen LogP contribution in [0.5, 0.6) is 0 Å². The summed E-state index contributed by atoms with van der Waals surface area (Å²) in [5, 5.41) is 12.1. The van der Waals surface area contributed by atoms with Crippen LogP contribution in [0.4, 0.5) is 0 Å². The van der Waals surface area contributed by atoms with E-state index < -0.39 is 11.4 Å². The van der Waals surface area contributed by atoms with E-state index in [-0.39, 0.29) is 23.1 Å². The summed E-state index contributed by atoms with van der Waals surface area (Å²) >= 11 is 0. The highest BCUT2D eigenvalue weighted by atomic mass is 16.4. The van der Waals surface area contributed by atoms with E-state index in [1.165, 1.54) is 0 Å². The number of nitrogens with one attached hydrogen (secondary N) is 1. The summed E-state index contributed by atoms with van der Waals surface area (Å²) in [6, 6.07) is 7.32. The number of aliphatic carboxylic acids is 1. The second-order valence-corrected chi connectivity index (χ2v) is 8.88. The molecule has 1 atom stereocenters. The third kappa shape index (κ3) is 4.15. The number of carbonyl (C=O) groups is 3. The van der Waals surface area contributed by atoms with E-state index in [0.29, 0.717) is 25.2 Å². The van der Waals surface area contributed by atoms with Gasteiger partial charge in [0.25, 0.3) is 5.91 Å². The topological polar surface area (TPSA) is 86.7 Å². The standard InChI is InChI=1S/C21H28N2O4/c1-20(2,3)19(27)22-13-14-4-6-15(7-5-14)17(24)23-10-8-21(9-11-23)12-16(21)18(25)26/h4-7,16H,8-13H2,1-3H3,(H,22,27)(H,25,26). The van der Waals surface area contributed by atoms with Crippen LogP contribution in [0.3, 0.4) is 0 Å². The molecule has 2 fully saturated rings. The van der Waals surface area contributed by atoms with E-state index in [9.17, 15) is 14.4 Å². The molecule has 3 rings (SSSR count). The first-order valence-electron chi connectivity index (χ1n) is 9.52. The Kier molecular flexibility index (Phi) is 5.02. The highest BCUT2D eigenvalue weighted by molar-refractivity contribution is 5.94. The van der Waals surface area contributed by atoms with E-state index in [1.54, 1.807) is 12.1 Å². The Hall–Kier alpha value is -2.37. The molecule has 27 heavy (non-hydrogen) atoms. The molecular formula is C21H28N2O4. The summed E-state index contributed by atoms with van der Waals surface area (Å²) in [4.78, 5) is 37.6. The molecule has 1 aromatic rings. The van der Waals surface area contributed by atoms with Crippen LogP contribution in [-0.2, 0) is 16.1 Å². The molecule has 1 aliphatic heterocycles. The molecule has 1 heterocycles. The van der Waals surface area contributed by atoms with Crippen molar-refractivity contribution in [3.63, 3.8) is 0 Å². The molecular weight excluding hydrogens is 344 g/mol. The minimum absolute atomic E-state index is 0.00959. The first kappa shape index (κ1) is 19.4. The van der Waals surface area contributed by atoms with Gasteiger partial charge in [0.15, 0.2) is 0 Å². The fourth-order valence-corrected chi connectivity index (χ4v) is 3.80. The van der Waals surface area contributed by atoms with Crippen molar-refractivity contribution in [1.29, 1.82) is 0 Å². The molecule has 1 unspecified atom stereocenters. The minimum atomic E-state index is -0.705. The molecule has 1 saturated carbocycles. The number of carboxylic acid groups (broad SMARTS) is 1. The van der Waals surface area contributed by atoms with Gasteiger partial charge in [-0.05, 0) is 42.4 Å². The van der Waals surface area contributed by atoms with Gasteiger partial charge in [-0.3, -0.25) is 14.4 Å². The smallest absolute Gasteiger partial charge is 0.307 e. The van der Waals surface area contributed by atoms with Crippen molar-refractivity contribution < 1.29 is 19.5 Å². The van der Waals surface area contributed by atoms with Gasteiger partial charge >= 0.3 is 5.97 Å². The lowest BCUT2D eigenvalue weighted by molar-refractivity contribution is -0.139. The van der Waals surface area contributed by atoms with Crippen LogP contribution in [0, 0.1) is 16.7 Å². The van der Waals surface area contributed by atoms with Crippen LogP contribution in [0.1, 0.15) is 56.0 Å². The number of carboxylic acids is 1. The number of benzene rings is 1. The van der Waals surface area contributed by atoms with Crippen LogP contribution in [0.25, 0.3) is 0 Å². The molecule has 146 valence electrons. The van der Waals surface area contributed by atoms with Gasteiger partial charge in [0.1, 0.15) is 0 Å². The fraction of sp³-hybridized carbons (Fsp3) is 0.571. The van der Waals surface area contributed by atoms with Crippen LogP contribution >= 0.6 is 0 Å². The van der Waals surface area contributed by atoms with Gasteiger partial charge in [0, 0.05) is 30.6 Å². The third-order valence-corrected chi connectivity index (χ3v) is 5.87. The maximum Gasteiger partial charge on any atom is 0.307 e. The summed E-state index contributed by atoms with van der Waals surface area (Å²) < 4.78 is 0. The molecule has 1 spiro atoms. The Labute approximate surface area is 159 Å². The Balaban J connectivity index is 1.53. The highest BCUT2D eigenvalue weighted by Crippen LogP contribution is 2.59. The van der Waals surface area contributed by atoms with Gasteiger partial charge < -0.3 is 15.3 Å². The van der Waals surface area contributed by atoms with Crippen molar-refractivity contribution in [2.24, 2.45) is 16.7 Å². The van der Waals surface area contributed by atoms with Crippen molar-refractivity contribution in [3.8, 4) is 0 Å². The lowest BCUT2D eigenvalue weighted by Gasteiger charge is -2.32. The van der Waals surface area contributed by atoms with Gasteiger partial charge in [-0.15, -0.1) is 0 Å². The van der Waals surface area contributed by atoms with Gasteiger partial charge in [-0.1, -0.05) is 32.9 Å². The molecule has 6 heteroatoms. The Morgan fingerprint density at radius 2 is 1.74 bits per heavy atom. The molecule has 1 saturated heterocycles. The average molecular weight is 372 g/mol. The summed E-state index contributed by atoms with van der Waals surface area (Å²) in [5.41, 5.74) is 1.08. The normalized spacial score (nSPS) is 21.0. The summed E-state index contributed by atoms with van der Waals surface area (Å²) in [5.74, 6) is -0.950. The van der Waals surface area contributed by atoms with E-state index in [2.05, 4.69) is 5.32 Å². The maximum atomic E-state index is 12.7. The average Bonchev–Trinajstić information content (AvgIpc) is 3.33. The zero-order chi connectivity index (χ0) is 19.8. The highest BCUT2D eigenvalue weighted by Gasteiger charge is 2.59. The number of carbonyl (C=O) groups excluding carboxylic acids is 2. The summed E-state index contributed by atoms with van der Waals surface area (Å²) in [7, 11) is 0. The zero-order valence-electron chi connectivity index (χ0n) is 16.2. The van der Waals surface area contributed by atoms with Crippen molar-refractivity contribution in [2.75, 3.05) is 13.1 Å². The Bertz CT molecular complexity index is 740. The number of amides is 2. The van der Waals surface area contributed by atoms with Crippen molar-refractivity contribution in [3.05, 3.63) is 35.4 Å². The van der Waals surface area contributed by atoms with Crippen LogP contribution in [-0.4, -0.2) is 40.9 Å². The second-order valence-electron chi connectivity index (χ2n) is 8.88. The SMILES string of the molecule is CC(C)(C)C(=O)NCc1ccc(C(=O)N2CCC3(CC2)CC3C(=O)O)cc1. The quantitative estimate of drug-likeness (QED) is 0.851. The third-order valence-electron chi connectivity index (χ3n) is 5.87. The number of hydrogen-bond acceptors (Lipinski definition) is 3. The molecule has 2 N–H and O–H groups in total. The predicted octanol–water partition coefficient (Wildman–Crippen LogP) is 2.68. The van der Waals surface area contributed by atoms with Gasteiger partial charge in [-0.2, -0.15) is 0 Å². The number of piperidine rings is 1. The summed E-state index contributed by atoms with van der Waals surface area (Å²) in [6.45, 7) is 7.28. The Morgan fingerprint density at radius 3 is 2.22 bits per heavy atom.